The molecule has 1 unspecified atom stereocenters. The van der Waals surface area contributed by atoms with Gasteiger partial charge in [0.15, 0.2) is 0 Å². The smallest absolute Gasteiger partial charge is 0.371 e. The number of primary amides is 1. The first-order valence-corrected chi connectivity index (χ1v) is 13.7. The van der Waals surface area contributed by atoms with Crippen LogP contribution in [0, 0.1) is 29.4 Å². The number of amides is 2. The standard InChI is InChI=1S/C29H30F5N3O3/c30-21-2-1-3-22(31)25(21)28(40)24-20(29(32,33)34)10-18(26(35)38)11-23(24)37(27(28)39)14-17-8-19(9-17)36(12-15-4-5-15)13-16-6-7-16/h1-3,10-11,15-17,19,40H,4-9,12-14H2,(H2,35,38). The molecule has 6 rings (SSSR count). The van der Waals surface area contributed by atoms with Crippen LogP contribution < -0.4 is 10.6 Å². The molecule has 3 saturated carbocycles. The maximum Gasteiger partial charge on any atom is 0.416 e. The predicted octanol–water partition coefficient (Wildman–Crippen LogP) is 4.57. The number of rotatable bonds is 9. The summed E-state index contributed by atoms with van der Waals surface area (Å²) < 4.78 is 72.8. The molecule has 3 N–H and O–H groups in total. The van der Waals surface area contributed by atoms with Crippen molar-refractivity contribution in [1.82, 2.24) is 4.90 Å². The maximum absolute atomic E-state index is 14.9. The first kappa shape index (κ1) is 27.1. The molecule has 0 bridgehead atoms. The molecule has 40 heavy (non-hydrogen) atoms. The Hall–Kier alpha value is -3.05. The topological polar surface area (TPSA) is 86.9 Å². The molecule has 4 aliphatic rings. The number of alkyl halides is 3. The van der Waals surface area contributed by atoms with Gasteiger partial charge in [-0.15, -0.1) is 0 Å². The van der Waals surface area contributed by atoms with Gasteiger partial charge in [-0.3, -0.25) is 14.5 Å². The predicted molar refractivity (Wildman–Crippen MR) is 135 cm³/mol. The van der Waals surface area contributed by atoms with Crippen LogP contribution in [0.5, 0.6) is 0 Å². The second-order valence-corrected chi connectivity index (χ2v) is 11.8. The summed E-state index contributed by atoms with van der Waals surface area (Å²) in [6, 6.07) is 4.21. The van der Waals surface area contributed by atoms with E-state index >= 15 is 0 Å². The van der Waals surface area contributed by atoms with Crippen LogP contribution in [0.25, 0.3) is 0 Å². The van der Waals surface area contributed by atoms with Gasteiger partial charge in [0, 0.05) is 36.8 Å². The summed E-state index contributed by atoms with van der Waals surface area (Å²) in [6.45, 7) is 1.96. The van der Waals surface area contributed by atoms with Gasteiger partial charge >= 0.3 is 6.18 Å². The molecule has 6 nitrogen and oxygen atoms in total. The lowest BCUT2D eigenvalue weighted by Gasteiger charge is -2.44. The summed E-state index contributed by atoms with van der Waals surface area (Å²) >= 11 is 0. The first-order valence-electron chi connectivity index (χ1n) is 13.7. The number of carbonyl (C=O) groups excluding carboxylic acids is 2. The summed E-state index contributed by atoms with van der Waals surface area (Å²) in [6.07, 6.45) is 1.09. The Labute approximate surface area is 227 Å². The van der Waals surface area contributed by atoms with Gasteiger partial charge in [0.2, 0.25) is 11.5 Å². The number of hydrogen-bond acceptors (Lipinski definition) is 4. The second-order valence-electron chi connectivity index (χ2n) is 11.8. The third-order valence-electron chi connectivity index (χ3n) is 8.79. The van der Waals surface area contributed by atoms with E-state index in [9.17, 15) is 36.6 Å². The Morgan fingerprint density at radius 1 is 1.00 bits per heavy atom. The highest BCUT2D eigenvalue weighted by atomic mass is 19.4. The van der Waals surface area contributed by atoms with Crippen molar-refractivity contribution in [2.24, 2.45) is 23.5 Å². The fraction of sp³-hybridized carbons (Fsp3) is 0.517. The van der Waals surface area contributed by atoms with Crippen LogP contribution in [-0.2, 0) is 16.6 Å². The van der Waals surface area contributed by atoms with Gasteiger partial charge in [-0.05, 0) is 80.5 Å². The SMILES string of the molecule is NC(=O)c1cc2c(c(C(F)(F)F)c1)C(O)(c1c(F)cccc1F)C(=O)N2CC1CC(N(CC2CC2)CC2CC2)C1. The van der Waals surface area contributed by atoms with Crippen molar-refractivity contribution >= 4 is 17.5 Å². The monoisotopic (exact) mass is 563 g/mol. The minimum Gasteiger partial charge on any atom is -0.371 e. The van der Waals surface area contributed by atoms with E-state index in [-0.39, 0.29) is 18.5 Å². The van der Waals surface area contributed by atoms with E-state index in [2.05, 4.69) is 4.90 Å². The molecule has 2 aromatic rings. The largest absolute Gasteiger partial charge is 0.416 e. The second kappa shape index (κ2) is 9.51. The van der Waals surface area contributed by atoms with Crippen molar-refractivity contribution < 1.29 is 36.6 Å². The molecule has 1 aliphatic heterocycles. The molecule has 0 spiro atoms. The molecule has 1 heterocycles. The van der Waals surface area contributed by atoms with E-state index in [1.54, 1.807) is 0 Å². The molecule has 0 radical (unpaired) electrons. The summed E-state index contributed by atoms with van der Waals surface area (Å²) in [4.78, 5) is 29.2. The lowest BCUT2D eigenvalue weighted by molar-refractivity contribution is -0.142. The van der Waals surface area contributed by atoms with Crippen molar-refractivity contribution in [2.75, 3.05) is 24.5 Å². The van der Waals surface area contributed by atoms with E-state index in [1.165, 1.54) is 25.7 Å². The molecule has 1 atom stereocenters. The molecule has 0 aromatic heterocycles. The number of aliphatic hydroxyl groups is 1. The fourth-order valence-electron chi connectivity index (χ4n) is 6.30. The Morgan fingerprint density at radius 3 is 2.08 bits per heavy atom. The molecule has 2 aromatic carbocycles. The van der Waals surface area contributed by atoms with Crippen LogP contribution >= 0.6 is 0 Å². The summed E-state index contributed by atoms with van der Waals surface area (Å²) in [7, 11) is 0. The molecule has 3 aliphatic carbocycles. The number of anilines is 1. The van der Waals surface area contributed by atoms with Crippen LogP contribution in [0.3, 0.4) is 0 Å². The zero-order chi connectivity index (χ0) is 28.6. The van der Waals surface area contributed by atoms with Crippen molar-refractivity contribution in [1.29, 1.82) is 0 Å². The van der Waals surface area contributed by atoms with E-state index in [0.29, 0.717) is 30.7 Å². The molecular weight excluding hydrogens is 533 g/mol. The van der Waals surface area contributed by atoms with Gasteiger partial charge < -0.3 is 15.7 Å². The molecular formula is C29H30F5N3O3. The average molecular weight is 564 g/mol. The number of halogens is 5. The summed E-state index contributed by atoms with van der Waals surface area (Å²) in [5.74, 6) is -3.91. The van der Waals surface area contributed by atoms with Crippen LogP contribution in [0.15, 0.2) is 30.3 Å². The normalized spacial score (nSPS) is 26.3. The van der Waals surface area contributed by atoms with Gasteiger partial charge in [-0.25, -0.2) is 8.78 Å². The van der Waals surface area contributed by atoms with E-state index in [4.69, 9.17) is 5.73 Å². The van der Waals surface area contributed by atoms with Gasteiger partial charge in [-0.1, -0.05) is 6.07 Å². The minimum atomic E-state index is -5.17. The zero-order valence-corrected chi connectivity index (χ0v) is 21.7. The zero-order valence-electron chi connectivity index (χ0n) is 21.7. The molecule has 0 saturated heterocycles. The molecule has 2 amide bonds. The summed E-state index contributed by atoms with van der Waals surface area (Å²) in [5, 5.41) is 11.6. The Balaban J connectivity index is 1.37. The van der Waals surface area contributed by atoms with Crippen molar-refractivity contribution in [3.63, 3.8) is 0 Å². The quantitative estimate of drug-likeness (QED) is 0.438. The third kappa shape index (κ3) is 4.66. The van der Waals surface area contributed by atoms with E-state index < -0.39 is 63.2 Å². The highest BCUT2D eigenvalue weighted by Crippen LogP contribution is 2.52. The number of nitrogens with zero attached hydrogens (tertiary/aromatic N) is 2. The van der Waals surface area contributed by atoms with Crippen LogP contribution in [-0.4, -0.2) is 47.5 Å². The lowest BCUT2D eigenvalue weighted by atomic mass is 9.78. The number of hydrogen-bond donors (Lipinski definition) is 2. The number of nitrogens with two attached hydrogens (primary N) is 1. The highest BCUT2D eigenvalue weighted by Gasteiger charge is 2.58. The van der Waals surface area contributed by atoms with Gasteiger partial charge in [0.1, 0.15) is 11.6 Å². The van der Waals surface area contributed by atoms with Crippen molar-refractivity contribution in [2.45, 2.75) is 56.3 Å². The van der Waals surface area contributed by atoms with Crippen molar-refractivity contribution in [3.05, 3.63) is 64.2 Å². The van der Waals surface area contributed by atoms with Gasteiger partial charge in [0.05, 0.1) is 16.8 Å². The third-order valence-corrected chi connectivity index (χ3v) is 8.79. The van der Waals surface area contributed by atoms with E-state index in [0.717, 1.165) is 42.3 Å². The first-order chi connectivity index (χ1) is 18.9. The molecule has 3 fully saturated rings. The van der Waals surface area contributed by atoms with Gasteiger partial charge in [-0.2, -0.15) is 13.2 Å². The fourth-order valence-corrected chi connectivity index (χ4v) is 6.30. The number of carbonyl (C=O) groups is 2. The van der Waals surface area contributed by atoms with Gasteiger partial charge in [0.25, 0.3) is 5.91 Å². The molecule has 214 valence electrons. The minimum absolute atomic E-state index is 0.0685. The Kier molecular flexibility index (Phi) is 6.45. The number of benzene rings is 2. The molecule has 11 heteroatoms. The highest BCUT2D eigenvalue weighted by molar-refractivity contribution is 6.11. The summed E-state index contributed by atoms with van der Waals surface area (Å²) in [5.41, 5.74) is -2.68. The Bertz CT molecular complexity index is 1330. The van der Waals surface area contributed by atoms with Crippen molar-refractivity contribution in [3.8, 4) is 0 Å². The van der Waals surface area contributed by atoms with Crippen LogP contribution in [0.4, 0.5) is 27.6 Å². The number of fused-ring (bicyclic) bond motifs is 1. The Morgan fingerprint density at radius 2 is 1.57 bits per heavy atom. The van der Waals surface area contributed by atoms with E-state index in [1.807, 2.05) is 0 Å². The van der Waals surface area contributed by atoms with Crippen LogP contribution in [0.1, 0.15) is 65.6 Å². The maximum atomic E-state index is 14.9. The lowest BCUT2D eigenvalue weighted by Crippen LogP contribution is -2.51. The van der Waals surface area contributed by atoms with Crippen LogP contribution in [0.2, 0.25) is 0 Å². The average Bonchev–Trinajstić information content (AvgIpc) is 3.78.